The monoisotopic (exact) mass is 304 g/mol. The molecule has 0 saturated carbocycles. The highest BCUT2D eigenvalue weighted by atomic mass is 16.4. The summed E-state index contributed by atoms with van der Waals surface area (Å²) in [6, 6.07) is 3.51. The highest BCUT2D eigenvalue weighted by Gasteiger charge is 2.29. The third kappa shape index (κ3) is 3.03. The molecule has 0 spiro atoms. The first-order valence-electron chi connectivity index (χ1n) is 7.76. The van der Waals surface area contributed by atoms with Gasteiger partial charge >= 0.3 is 5.97 Å². The van der Waals surface area contributed by atoms with E-state index in [1.807, 2.05) is 6.07 Å². The SMILES string of the molecule is O=C(O)C1CCCN(C(=O)c2ccc(N3CCCC3)nn2)C1. The van der Waals surface area contributed by atoms with Crippen LogP contribution in [0.2, 0.25) is 0 Å². The normalized spacial score (nSPS) is 21.9. The molecule has 0 aromatic carbocycles. The Bertz CT molecular complexity index is 554. The molecule has 118 valence electrons. The number of aromatic nitrogens is 2. The predicted molar refractivity (Wildman–Crippen MR) is 79.7 cm³/mol. The van der Waals surface area contributed by atoms with Crippen molar-refractivity contribution in [1.29, 1.82) is 0 Å². The lowest BCUT2D eigenvalue weighted by molar-refractivity contribution is -0.143. The van der Waals surface area contributed by atoms with Crippen molar-refractivity contribution in [2.75, 3.05) is 31.1 Å². The van der Waals surface area contributed by atoms with Crippen LogP contribution in [0, 0.1) is 5.92 Å². The number of nitrogens with zero attached hydrogens (tertiary/aromatic N) is 4. The smallest absolute Gasteiger partial charge is 0.308 e. The Kier molecular flexibility index (Phi) is 4.22. The molecule has 1 atom stereocenters. The molecule has 2 saturated heterocycles. The van der Waals surface area contributed by atoms with Crippen LogP contribution in [0.15, 0.2) is 12.1 Å². The predicted octanol–water partition coefficient (Wildman–Crippen LogP) is 1.01. The van der Waals surface area contributed by atoms with Crippen LogP contribution in [0.5, 0.6) is 0 Å². The molecular formula is C15H20N4O3. The zero-order chi connectivity index (χ0) is 15.5. The van der Waals surface area contributed by atoms with Crippen LogP contribution in [-0.2, 0) is 4.79 Å². The van der Waals surface area contributed by atoms with Crippen LogP contribution in [0.1, 0.15) is 36.2 Å². The second kappa shape index (κ2) is 6.29. The molecule has 2 fully saturated rings. The number of aliphatic carboxylic acids is 1. The fourth-order valence-corrected chi connectivity index (χ4v) is 3.08. The van der Waals surface area contributed by atoms with Gasteiger partial charge in [0.25, 0.3) is 5.91 Å². The number of carbonyl (C=O) groups excluding carboxylic acids is 1. The summed E-state index contributed by atoms with van der Waals surface area (Å²) in [5, 5.41) is 17.3. The lowest BCUT2D eigenvalue weighted by atomic mass is 9.98. The number of anilines is 1. The van der Waals surface area contributed by atoms with Crippen LogP contribution in [0.3, 0.4) is 0 Å². The maximum absolute atomic E-state index is 12.4. The summed E-state index contributed by atoms with van der Waals surface area (Å²) in [5.74, 6) is -0.745. The summed E-state index contributed by atoms with van der Waals surface area (Å²) in [6.07, 6.45) is 3.65. The van der Waals surface area contributed by atoms with Crippen molar-refractivity contribution in [3.8, 4) is 0 Å². The fourth-order valence-electron chi connectivity index (χ4n) is 3.08. The van der Waals surface area contributed by atoms with E-state index in [4.69, 9.17) is 5.11 Å². The summed E-state index contributed by atoms with van der Waals surface area (Å²) >= 11 is 0. The minimum Gasteiger partial charge on any atom is -0.481 e. The van der Waals surface area contributed by atoms with E-state index in [-0.39, 0.29) is 18.1 Å². The molecule has 1 N–H and O–H groups in total. The molecule has 2 aliphatic heterocycles. The largest absolute Gasteiger partial charge is 0.481 e. The first-order valence-corrected chi connectivity index (χ1v) is 7.76. The van der Waals surface area contributed by atoms with Gasteiger partial charge in [0.2, 0.25) is 0 Å². The number of likely N-dealkylation sites (tertiary alicyclic amines) is 1. The minimum atomic E-state index is -0.840. The zero-order valence-electron chi connectivity index (χ0n) is 12.4. The number of carbonyl (C=O) groups is 2. The topological polar surface area (TPSA) is 86.6 Å². The molecule has 7 nitrogen and oxygen atoms in total. The molecule has 1 unspecified atom stereocenters. The van der Waals surface area contributed by atoms with E-state index in [1.54, 1.807) is 11.0 Å². The van der Waals surface area contributed by atoms with Gasteiger partial charge in [-0.2, -0.15) is 0 Å². The molecule has 0 radical (unpaired) electrons. The van der Waals surface area contributed by atoms with Gasteiger partial charge in [0.05, 0.1) is 5.92 Å². The highest BCUT2D eigenvalue weighted by molar-refractivity contribution is 5.92. The Hall–Kier alpha value is -2.18. The van der Waals surface area contributed by atoms with Gasteiger partial charge in [0.1, 0.15) is 0 Å². The van der Waals surface area contributed by atoms with Gasteiger partial charge in [-0.15, -0.1) is 10.2 Å². The van der Waals surface area contributed by atoms with Crippen molar-refractivity contribution in [3.63, 3.8) is 0 Å². The van der Waals surface area contributed by atoms with Gasteiger partial charge < -0.3 is 14.9 Å². The average molecular weight is 304 g/mol. The van der Waals surface area contributed by atoms with Crippen molar-refractivity contribution in [3.05, 3.63) is 17.8 Å². The molecule has 0 aliphatic carbocycles. The fraction of sp³-hybridized carbons (Fsp3) is 0.600. The van der Waals surface area contributed by atoms with Crippen molar-refractivity contribution < 1.29 is 14.7 Å². The zero-order valence-corrected chi connectivity index (χ0v) is 12.4. The van der Waals surface area contributed by atoms with Crippen LogP contribution >= 0.6 is 0 Å². The van der Waals surface area contributed by atoms with Crippen LogP contribution in [0.25, 0.3) is 0 Å². The van der Waals surface area contributed by atoms with E-state index in [0.29, 0.717) is 19.4 Å². The highest BCUT2D eigenvalue weighted by Crippen LogP contribution is 2.20. The lowest BCUT2D eigenvalue weighted by Gasteiger charge is -2.30. The average Bonchev–Trinajstić information content (AvgIpc) is 3.09. The Morgan fingerprint density at radius 3 is 2.50 bits per heavy atom. The molecule has 22 heavy (non-hydrogen) atoms. The first kappa shape index (κ1) is 14.7. The standard InChI is InChI=1S/C15H20N4O3/c20-14(19-9-3-4-11(10-19)15(21)22)12-5-6-13(17-16-12)18-7-1-2-8-18/h5-6,11H,1-4,7-10H2,(H,21,22). The van der Waals surface area contributed by atoms with Gasteiger partial charge in [-0.1, -0.05) is 0 Å². The van der Waals surface area contributed by atoms with Crippen molar-refractivity contribution in [2.45, 2.75) is 25.7 Å². The number of piperidine rings is 1. The molecular weight excluding hydrogens is 284 g/mol. The number of hydrogen-bond acceptors (Lipinski definition) is 5. The second-order valence-corrected chi connectivity index (χ2v) is 5.90. The maximum Gasteiger partial charge on any atom is 0.308 e. The maximum atomic E-state index is 12.4. The van der Waals surface area contributed by atoms with E-state index in [1.165, 1.54) is 0 Å². The Morgan fingerprint density at radius 2 is 1.86 bits per heavy atom. The molecule has 1 amide bonds. The van der Waals surface area contributed by atoms with E-state index >= 15 is 0 Å². The van der Waals surface area contributed by atoms with Gasteiger partial charge in [0, 0.05) is 26.2 Å². The molecule has 1 aromatic rings. The van der Waals surface area contributed by atoms with Crippen molar-refractivity contribution in [2.24, 2.45) is 5.92 Å². The van der Waals surface area contributed by atoms with Gasteiger partial charge in [-0.05, 0) is 37.8 Å². The molecule has 3 heterocycles. The van der Waals surface area contributed by atoms with E-state index in [2.05, 4.69) is 15.1 Å². The minimum absolute atomic E-state index is 0.230. The Balaban J connectivity index is 1.67. The third-order valence-electron chi connectivity index (χ3n) is 4.36. The van der Waals surface area contributed by atoms with Gasteiger partial charge in [0.15, 0.2) is 11.5 Å². The van der Waals surface area contributed by atoms with Crippen LogP contribution in [-0.4, -0.2) is 58.3 Å². The summed E-state index contributed by atoms with van der Waals surface area (Å²) in [7, 11) is 0. The molecule has 0 bridgehead atoms. The number of rotatable bonds is 3. The number of carboxylic acids is 1. The van der Waals surface area contributed by atoms with E-state index in [0.717, 1.165) is 31.7 Å². The third-order valence-corrected chi connectivity index (χ3v) is 4.36. The summed E-state index contributed by atoms with van der Waals surface area (Å²) in [5.41, 5.74) is 0.286. The molecule has 7 heteroatoms. The van der Waals surface area contributed by atoms with E-state index < -0.39 is 11.9 Å². The van der Waals surface area contributed by atoms with Crippen LogP contribution < -0.4 is 4.90 Å². The van der Waals surface area contributed by atoms with Crippen molar-refractivity contribution >= 4 is 17.7 Å². The number of hydrogen-bond donors (Lipinski definition) is 1. The summed E-state index contributed by atoms with van der Waals surface area (Å²) < 4.78 is 0. The quantitative estimate of drug-likeness (QED) is 0.897. The first-order chi connectivity index (χ1) is 10.6. The molecule has 2 aliphatic rings. The summed E-state index contributed by atoms with van der Waals surface area (Å²) in [4.78, 5) is 27.2. The second-order valence-electron chi connectivity index (χ2n) is 5.90. The number of carboxylic acid groups (broad SMARTS) is 1. The van der Waals surface area contributed by atoms with Crippen LogP contribution in [0.4, 0.5) is 5.82 Å². The molecule has 1 aromatic heterocycles. The Morgan fingerprint density at radius 1 is 1.09 bits per heavy atom. The van der Waals surface area contributed by atoms with Gasteiger partial charge in [-0.3, -0.25) is 9.59 Å². The van der Waals surface area contributed by atoms with Gasteiger partial charge in [-0.25, -0.2) is 0 Å². The molecule has 3 rings (SSSR count). The van der Waals surface area contributed by atoms with E-state index in [9.17, 15) is 9.59 Å². The lowest BCUT2D eigenvalue weighted by Crippen LogP contribution is -2.42. The number of amides is 1. The Labute approximate surface area is 128 Å². The van der Waals surface area contributed by atoms with Crippen molar-refractivity contribution in [1.82, 2.24) is 15.1 Å². The summed E-state index contributed by atoms with van der Waals surface area (Å²) in [6.45, 7) is 2.80.